The highest BCUT2D eigenvalue weighted by Crippen LogP contribution is 2.24. The summed E-state index contributed by atoms with van der Waals surface area (Å²) in [7, 11) is 0. The molecule has 172 valence electrons. The topological polar surface area (TPSA) is 101 Å². The largest absolute Gasteiger partial charge is 0.325 e. The van der Waals surface area contributed by atoms with Gasteiger partial charge in [-0.3, -0.25) is 9.36 Å². The minimum atomic E-state index is -0.374. The first kappa shape index (κ1) is 23.3. The first-order valence-corrected chi connectivity index (χ1v) is 11.7. The number of halogens is 1. The van der Waals surface area contributed by atoms with Crippen molar-refractivity contribution in [3.8, 4) is 5.69 Å². The highest BCUT2D eigenvalue weighted by atomic mass is 35.5. The van der Waals surface area contributed by atoms with Crippen LogP contribution in [0.25, 0.3) is 5.69 Å². The standard InChI is InChI=1S/C24H21ClN6O2S/c1-16-10-11-20(13-21(16)25)31-15-26-30-24(31)34-14-22(32)27-18-8-5-9-19(12-18)29-23(33)28-17-6-3-2-4-7-17/h2-13,15H,14H2,1H3,(H,27,32)(H2,28,29,33). The molecule has 0 unspecified atom stereocenters. The van der Waals surface area contributed by atoms with Crippen LogP contribution in [0.4, 0.5) is 21.9 Å². The predicted molar refractivity (Wildman–Crippen MR) is 136 cm³/mol. The van der Waals surface area contributed by atoms with Gasteiger partial charge in [-0.1, -0.05) is 53.7 Å². The molecule has 1 heterocycles. The Hall–Kier alpha value is -3.82. The molecule has 0 bridgehead atoms. The summed E-state index contributed by atoms with van der Waals surface area (Å²) in [5, 5.41) is 17.6. The van der Waals surface area contributed by atoms with E-state index in [0.29, 0.717) is 27.2 Å². The van der Waals surface area contributed by atoms with Gasteiger partial charge in [-0.25, -0.2) is 4.79 Å². The van der Waals surface area contributed by atoms with Crippen molar-refractivity contribution >= 4 is 52.4 Å². The van der Waals surface area contributed by atoms with Gasteiger partial charge in [0.05, 0.1) is 11.4 Å². The van der Waals surface area contributed by atoms with Crippen LogP contribution < -0.4 is 16.0 Å². The Morgan fingerprint density at radius 3 is 2.38 bits per heavy atom. The summed E-state index contributed by atoms with van der Waals surface area (Å²) >= 11 is 7.49. The highest BCUT2D eigenvalue weighted by Gasteiger charge is 2.12. The van der Waals surface area contributed by atoms with Gasteiger partial charge in [0.2, 0.25) is 5.91 Å². The van der Waals surface area contributed by atoms with Crippen molar-refractivity contribution in [1.82, 2.24) is 14.8 Å². The summed E-state index contributed by atoms with van der Waals surface area (Å²) in [6.45, 7) is 1.93. The van der Waals surface area contributed by atoms with Crippen molar-refractivity contribution < 1.29 is 9.59 Å². The Morgan fingerprint density at radius 2 is 1.62 bits per heavy atom. The Labute approximate surface area is 205 Å². The van der Waals surface area contributed by atoms with E-state index in [0.717, 1.165) is 11.3 Å². The van der Waals surface area contributed by atoms with E-state index in [-0.39, 0.29) is 17.7 Å². The minimum absolute atomic E-state index is 0.129. The van der Waals surface area contributed by atoms with Crippen LogP contribution in [0.1, 0.15) is 5.56 Å². The number of aromatic nitrogens is 3. The van der Waals surface area contributed by atoms with E-state index in [4.69, 9.17) is 11.6 Å². The van der Waals surface area contributed by atoms with Crippen LogP contribution in [0.5, 0.6) is 0 Å². The Bertz CT molecular complexity index is 1310. The number of thioether (sulfide) groups is 1. The lowest BCUT2D eigenvalue weighted by Crippen LogP contribution is -2.19. The number of carbonyl (C=O) groups excluding carboxylic acids is 2. The maximum atomic E-state index is 12.5. The van der Waals surface area contributed by atoms with Gasteiger partial charge in [-0.05, 0) is 55.0 Å². The lowest BCUT2D eigenvalue weighted by Gasteiger charge is -2.10. The number of nitrogens with one attached hydrogen (secondary N) is 3. The van der Waals surface area contributed by atoms with Gasteiger partial charge < -0.3 is 16.0 Å². The fraction of sp³-hybridized carbons (Fsp3) is 0.0833. The van der Waals surface area contributed by atoms with Crippen LogP contribution in [0, 0.1) is 6.92 Å². The van der Waals surface area contributed by atoms with Gasteiger partial charge in [0.15, 0.2) is 5.16 Å². The molecule has 3 aromatic carbocycles. The van der Waals surface area contributed by atoms with E-state index < -0.39 is 0 Å². The fourth-order valence-electron chi connectivity index (χ4n) is 3.05. The maximum absolute atomic E-state index is 12.5. The van der Waals surface area contributed by atoms with Crippen molar-refractivity contribution in [3.63, 3.8) is 0 Å². The molecule has 0 saturated carbocycles. The maximum Gasteiger partial charge on any atom is 0.323 e. The number of hydrogen-bond donors (Lipinski definition) is 3. The van der Waals surface area contributed by atoms with Crippen LogP contribution in [0.15, 0.2) is 84.3 Å². The van der Waals surface area contributed by atoms with E-state index in [9.17, 15) is 9.59 Å². The summed E-state index contributed by atoms with van der Waals surface area (Å²) in [5.74, 6) is -0.0860. The van der Waals surface area contributed by atoms with Crippen molar-refractivity contribution in [2.24, 2.45) is 0 Å². The number of carbonyl (C=O) groups is 2. The first-order chi connectivity index (χ1) is 16.5. The van der Waals surface area contributed by atoms with E-state index in [1.807, 2.05) is 43.3 Å². The number of hydrogen-bond acceptors (Lipinski definition) is 5. The van der Waals surface area contributed by atoms with Crippen LogP contribution in [0.2, 0.25) is 5.02 Å². The number of anilines is 3. The van der Waals surface area contributed by atoms with Gasteiger partial charge in [-0.15, -0.1) is 10.2 Å². The predicted octanol–water partition coefficient (Wildman–Crippen LogP) is 5.60. The normalized spacial score (nSPS) is 10.5. The van der Waals surface area contributed by atoms with Crippen LogP contribution in [0.3, 0.4) is 0 Å². The third kappa shape index (κ3) is 6.15. The summed E-state index contributed by atoms with van der Waals surface area (Å²) < 4.78 is 1.78. The van der Waals surface area contributed by atoms with Gasteiger partial charge in [0.25, 0.3) is 0 Å². The average Bonchev–Trinajstić information content (AvgIpc) is 3.29. The first-order valence-electron chi connectivity index (χ1n) is 10.3. The molecule has 0 saturated heterocycles. The molecule has 0 fully saturated rings. The Morgan fingerprint density at radius 1 is 0.912 bits per heavy atom. The quantitative estimate of drug-likeness (QED) is 0.291. The zero-order valence-electron chi connectivity index (χ0n) is 18.2. The van der Waals surface area contributed by atoms with Crippen molar-refractivity contribution in [2.75, 3.05) is 21.7 Å². The molecule has 34 heavy (non-hydrogen) atoms. The minimum Gasteiger partial charge on any atom is -0.325 e. The van der Waals surface area contributed by atoms with Gasteiger partial charge in [-0.2, -0.15) is 0 Å². The van der Waals surface area contributed by atoms with Crippen LogP contribution in [-0.4, -0.2) is 32.5 Å². The van der Waals surface area contributed by atoms with Crippen molar-refractivity contribution in [3.05, 3.63) is 89.7 Å². The monoisotopic (exact) mass is 492 g/mol. The lowest BCUT2D eigenvalue weighted by molar-refractivity contribution is -0.113. The van der Waals surface area contributed by atoms with Crippen LogP contribution >= 0.6 is 23.4 Å². The molecule has 4 aromatic rings. The molecule has 8 nitrogen and oxygen atoms in total. The second-order valence-electron chi connectivity index (χ2n) is 7.28. The zero-order chi connectivity index (χ0) is 23.9. The van der Waals surface area contributed by atoms with Gasteiger partial charge in [0.1, 0.15) is 6.33 Å². The fourth-order valence-corrected chi connectivity index (χ4v) is 3.95. The average molecular weight is 493 g/mol. The summed E-state index contributed by atoms with van der Waals surface area (Å²) in [5.41, 5.74) is 3.59. The number of para-hydroxylation sites is 1. The molecule has 3 N–H and O–H groups in total. The zero-order valence-corrected chi connectivity index (χ0v) is 19.7. The molecule has 0 spiro atoms. The second kappa shape index (κ2) is 10.9. The van der Waals surface area contributed by atoms with Gasteiger partial charge >= 0.3 is 6.03 Å². The summed E-state index contributed by atoms with van der Waals surface area (Å²) in [6.07, 6.45) is 1.58. The Balaban J connectivity index is 1.33. The molecule has 10 heteroatoms. The number of amides is 3. The molecule has 0 aliphatic heterocycles. The molecule has 0 radical (unpaired) electrons. The third-order valence-corrected chi connectivity index (χ3v) is 6.07. The molecule has 3 amide bonds. The summed E-state index contributed by atoms with van der Waals surface area (Å²) in [4.78, 5) is 24.7. The molecule has 0 aliphatic carbocycles. The number of aryl methyl sites for hydroxylation is 1. The smallest absolute Gasteiger partial charge is 0.323 e. The lowest BCUT2D eigenvalue weighted by atomic mass is 10.2. The summed E-state index contributed by atoms with van der Waals surface area (Å²) in [6, 6.07) is 21.3. The highest BCUT2D eigenvalue weighted by molar-refractivity contribution is 7.99. The number of benzene rings is 3. The molecule has 0 aliphatic rings. The van der Waals surface area contributed by atoms with E-state index in [2.05, 4.69) is 26.1 Å². The SMILES string of the molecule is Cc1ccc(-n2cnnc2SCC(=O)Nc2cccc(NC(=O)Nc3ccccc3)c2)cc1Cl. The number of nitrogens with zero attached hydrogens (tertiary/aromatic N) is 3. The van der Waals surface area contributed by atoms with Gasteiger partial charge in [0, 0.05) is 22.1 Å². The molecule has 4 rings (SSSR count). The molecular formula is C24H21ClN6O2S. The van der Waals surface area contributed by atoms with E-state index in [1.54, 1.807) is 47.3 Å². The second-order valence-corrected chi connectivity index (χ2v) is 8.63. The Kier molecular flexibility index (Phi) is 7.46. The third-order valence-electron chi connectivity index (χ3n) is 4.72. The molecular weight excluding hydrogens is 472 g/mol. The van der Waals surface area contributed by atoms with E-state index in [1.165, 1.54) is 11.8 Å². The number of urea groups is 1. The van der Waals surface area contributed by atoms with Crippen molar-refractivity contribution in [2.45, 2.75) is 12.1 Å². The van der Waals surface area contributed by atoms with Crippen LogP contribution in [-0.2, 0) is 4.79 Å². The van der Waals surface area contributed by atoms with Crippen molar-refractivity contribution in [1.29, 1.82) is 0 Å². The molecule has 1 aromatic heterocycles. The number of rotatable bonds is 7. The molecule has 0 atom stereocenters. The van der Waals surface area contributed by atoms with E-state index >= 15 is 0 Å².